The molecular formula is C15H26ClN5O2. The third-order valence-electron chi connectivity index (χ3n) is 4.01. The molecule has 7 nitrogen and oxygen atoms in total. The van der Waals surface area contributed by atoms with Gasteiger partial charge in [0.2, 0.25) is 11.8 Å². The molecule has 0 saturated carbocycles. The Labute approximate surface area is 143 Å². The summed E-state index contributed by atoms with van der Waals surface area (Å²) in [4.78, 5) is 24.3. The van der Waals surface area contributed by atoms with Crippen LogP contribution in [0.4, 0.5) is 0 Å². The fraction of sp³-hybridized carbons (Fsp3) is 0.667. The summed E-state index contributed by atoms with van der Waals surface area (Å²) in [5.74, 6) is -0.0819. The molecule has 8 heteroatoms. The number of nitrogens with zero attached hydrogens (tertiary/aromatic N) is 2. The topological polar surface area (TPSA) is 88.1 Å². The molecule has 2 heterocycles. The molecule has 1 fully saturated rings. The molecule has 23 heavy (non-hydrogen) atoms. The third kappa shape index (κ3) is 4.94. The van der Waals surface area contributed by atoms with Crippen molar-refractivity contribution >= 4 is 24.2 Å². The molecule has 1 aromatic heterocycles. The predicted octanol–water partition coefficient (Wildman–Crippen LogP) is 0.416. The minimum absolute atomic E-state index is 0. The highest BCUT2D eigenvalue weighted by Gasteiger charge is 2.41. The fourth-order valence-electron chi connectivity index (χ4n) is 2.73. The van der Waals surface area contributed by atoms with Crippen LogP contribution in [0.1, 0.15) is 32.6 Å². The number of aromatic nitrogens is 2. The molecule has 0 radical (unpaired) electrons. The minimum atomic E-state index is -0.644. The first kappa shape index (κ1) is 19.4. The Morgan fingerprint density at radius 3 is 2.61 bits per heavy atom. The fourth-order valence-corrected chi connectivity index (χ4v) is 2.73. The highest BCUT2D eigenvalue weighted by molar-refractivity contribution is 5.85. The first-order valence-electron chi connectivity index (χ1n) is 7.95. The second kappa shape index (κ2) is 9.52. The van der Waals surface area contributed by atoms with E-state index < -0.39 is 5.54 Å². The summed E-state index contributed by atoms with van der Waals surface area (Å²) >= 11 is 0. The van der Waals surface area contributed by atoms with E-state index in [0.717, 1.165) is 19.5 Å². The van der Waals surface area contributed by atoms with E-state index in [4.69, 9.17) is 0 Å². The van der Waals surface area contributed by atoms with Gasteiger partial charge in [-0.2, -0.15) is 5.10 Å². The molecule has 1 aliphatic rings. The summed E-state index contributed by atoms with van der Waals surface area (Å²) in [5, 5.41) is 13.2. The van der Waals surface area contributed by atoms with Crippen molar-refractivity contribution in [1.29, 1.82) is 0 Å². The second-order valence-electron chi connectivity index (χ2n) is 5.59. The molecule has 0 aromatic carbocycles. The highest BCUT2D eigenvalue weighted by Crippen LogP contribution is 2.27. The zero-order valence-electron chi connectivity index (χ0n) is 13.5. The molecule has 130 valence electrons. The molecule has 2 rings (SSSR count). The summed E-state index contributed by atoms with van der Waals surface area (Å²) < 4.78 is 1.75. The molecule has 1 aromatic rings. The van der Waals surface area contributed by atoms with E-state index in [1.165, 1.54) is 0 Å². The van der Waals surface area contributed by atoms with Gasteiger partial charge < -0.3 is 16.0 Å². The third-order valence-corrected chi connectivity index (χ3v) is 4.01. The zero-order chi connectivity index (χ0) is 15.8. The molecule has 0 unspecified atom stereocenters. The van der Waals surface area contributed by atoms with Crippen molar-refractivity contribution in [3.8, 4) is 0 Å². The first-order chi connectivity index (χ1) is 10.7. The summed E-state index contributed by atoms with van der Waals surface area (Å²) in [6.07, 6.45) is 6.13. The Kier molecular flexibility index (Phi) is 8.05. The van der Waals surface area contributed by atoms with Crippen molar-refractivity contribution < 1.29 is 9.59 Å². The number of piperidine rings is 1. The van der Waals surface area contributed by atoms with Gasteiger partial charge in [-0.25, -0.2) is 0 Å². The van der Waals surface area contributed by atoms with Gasteiger partial charge in [-0.3, -0.25) is 14.3 Å². The Morgan fingerprint density at radius 2 is 2.00 bits per heavy atom. The van der Waals surface area contributed by atoms with E-state index in [1.54, 1.807) is 10.9 Å². The predicted molar refractivity (Wildman–Crippen MR) is 90.5 cm³/mol. The maximum absolute atomic E-state index is 12.7. The van der Waals surface area contributed by atoms with E-state index in [-0.39, 0.29) is 24.2 Å². The standard InChI is InChI=1S/C15H25N5O2.ClH/c1-2-7-17-13(21)4-9-18-14(22)15(5-10-16-11-6-15)20-12-3-8-19-20;/h3,8,12,16H,2,4-7,9-11H2,1H3,(H,17,21)(H,18,22);1H. The molecule has 2 amide bonds. The number of hydrogen-bond acceptors (Lipinski definition) is 4. The van der Waals surface area contributed by atoms with Crippen LogP contribution in [0, 0.1) is 0 Å². The molecule has 1 saturated heterocycles. The van der Waals surface area contributed by atoms with Gasteiger partial charge in [0.25, 0.3) is 0 Å². The lowest BCUT2D eigenvalue weighted by Gasteiger charge is -2.36. The smallest absolute Gasteiger partial charge is 0.248 e. The zero-order valence-corrected chi connectivity index (χ0v) is 14.3. The Morgan fingerprint density at radius 1 is 1.26 bits per heavy atom. The van der Waals surface area contributed by atoms with Gasteiger partial charge in [-0.15, -0.1) is 12.4 Å². The number of hydrogen-bond donors (Lipinski definition) is 3. The van der Waals surface area contributed by atoms with Crippen molar-refractivity contribution in [3.05, 3.63) is 18.5 Å². The average Bonchev–Trinajstić information content (AvgIpc) is 3.08. The van der Waals surface area contributed by atoms with E-state index >= 15 is 0 Å². The summed E-state index contributed by atoms with van der Waals surface area (Å²) in [6.45, 7) is 4.60. The molecule has 0 bridgehead atoms. The second-order valence-corrected chi connectivity index (χ2v) is 5.59. The summed E-state index contributed by atoms with van der Waals surface area (Å²) in [6, 6.07) is 1.83. The van der Waals surface area contributed by atoms with Crippen LogP contribution >= 0.6 is 12.4 Å². The normalized spacial score (nSPS) is 16.2. The van der Waals surface area contributed by atoms with E-state index in [2.05, 4.69) is 21.0 Å². The van der Waals surface area contributed by atoms with Gasteiger partial charge in [-0.1, -0.05) is 6.92 Å². The van der Waals surface area contributed by atoms with Crippen molar-refractivity contribution in [2.24, 2.45) is 0 Å². The van der Waals surface area contributed by atoms with Crippen LogP contribution in [-0.4, -0.2) is 47.8 Å². The van der Waals surface area contributed by atoms with Gasteiger partial charge in [0.05, 0.1) is 0 Å². The van der Waals surface area contributed by atoms with Crippen molar-refractivity contribution in [1.82, 2.24) is 25.7 Å². The van der Waals surface area contributed by atoms with Gasteiger partial charge in [-0.05, 0) is 38.4 Å². The molecule has 0 atom stereocenters. The number of amides is 2. The monoisotopic (exact) mass is 343 g/mol. The number of nitrogens with one attached hydrogen (secondary N) is 3. The maximum Gasteiger partial charge on any atom is 0.248 e. The van der Waals surface area contributed by atoms with E-state index in [0.29, 0.717) is 32.4 Å². The number of rotatable bonds is 7. The van der Waals surface area contributed by atoms with Crippen LogP contribution in [0.25, 0.3) is 0 Å². The maximum atomic E-state index is 12.7. The van der Waals surface area contributed by atoms with E-state index in [9.17, 15) is 9.59 Å². The molecule has 0 spiro atoms. The summed E-state index contributed by atoms with van der Waals surface area (Å²) in [7, 11) is 0. The van der Waals surface area contributed by atoms with Gasteiger partial charge in [0, 0.05) is 31.9 Å². The molecule has 3 N–H and O–H groups in total. The Hall–Kier alpha value is -1.60. The minimum Gasteiger partial charge on any atom is -0.356 e. The van der Waals surface area contributed by atoms with Crippen molar-refractivity contribution in [3.63, 3.8) is 0 Å². The number of carbonyl (C=O) groups is 2. The number of halogens is 1. The largest absolute Gasteiger partial charge is 0.356 e. The first-order valence-corrected chi connectivity index (χ1v) is 7.95. The van der Waals surface area contributed by atoms with Gasteiger partial charge in [0.15, 0.2) is 0 Å². The van der Waals surface area contributed by atoms with Crippen molar-refractivity contribution in [2.45, 2.75) is 38.1 Å². The quantitative estimate of drug-likeness (QED) is 0.669. The van der Waals surface area contributed by atoms with Crippen LogP contribution < -0.4 is 16.0 Å². The number of carbonyl (C=O) groups excluding carboxylic acids is 2. The van der Waals surface area contributed by atoms with Crippen LogP contribution in [-0.2, 0) is 15.1 Å². The molecule has 0 aliphatic carbocycles. The van der Waals surface area contributed by atoms with Gasteiger partial charge >= 0.3 is 0 Å². The van der Waals surface area contributed by atoms with Crippen LogP contribution in [0.2, 0.25) is 0 Å². The lowest BCUT2D eigenvalue weighted by Crippen LogP contribution is -2.55. The Balaban J connectivity index is 0.00000264. The highest BCUT2D eigenvalue weighted by atomic mass is 35.5. The van der Waals surface area contributed by atoms with Crippen LogP contribution in [0.5, 0.6) is 0 Å². The summed E-state index contributed by atoms with van der Waals surface area (Å²) in [5.41, 5.74) is -0.644. The lowest BCUT2D eigenvalue weighted by molar-refractivity contribution is -0.132. The van der Waals surface area contributed by atoms with E-state index in [1.807, 2.05) is 19.2 Å². The average molecular weight is 344 g/mol. The SMILES string of the molecule is CCCNC(=O)CCNC(=O)C1(n2cccn2)CCNCC1.Cl. The van der Waals surface area contributed by atoms with Crippen LogP contribution in [0.15, 0.2) is 18.5 Å². The molecular weight excluding hydrogens is 318 g/mol. The van der Waals surface area contributed by atoms with Gasteiger partial charge in [0.1, 0.15) is 5.54 Å². The molecule has 1 aliphatic heterocycles. The lowest BCUT2D eigenvalue weighted by atomic mass is 9.87. The van der Waals surface area contributed by atoms with Crippen LogP contribution in [0.3, 0.4) is 0 Å². The Bertz CT molecular complexity index is 486. The van der Waals surface area contributed by atoms with Crippen molar-refractivity contribution in [2.75, 3.05) is 26.2 Å².